The van der Waals surface area contributed by atoms with Gasteiger partial charge in [0.2, 0.25) is 0 Å². The Balaban J connectivity index is 1.82. The first-order chi connectivity index (χ1) is 10.1. The van der Waals surface area contributed by atoms with Crippen molar-refractivity contribution in [3.63, 3.8) is 0 Å². The molecule has 1 aromatic carbocycles. The van der Waals surface area contributed by atoms with Crippen LogP contribution in [0.2, 0.25) is 0 Å². The molecule has 1 N–H and O–H groups in total. The molecule has 1 aliphatic rings. The van der Waals surface area contributed by atoms with Gasteiger partial charge in [0.1, 0.15) is 13.2 Å². The molecule has 2 heterocycles. The average molecular weight is 352 g/mol. The summed E-state index contributed by atoms with van der Waals surface area (Å²) in [6.07, 6.45) is 0. The number of rotatable bonds is 3. The minimum absolute atomic E-state index is 0.592. The third kappa shape index (κ3) is 2.72. The van der Waals surface area contributed by atoms with Crippen molar-refractivity contribution in [2.45, 2.75) is 20.4 Å². The summed E-state index contributed by atoms with van der Waals surface area (Å²) < 4.78 is 14.1. The number of ether oxygens (including phenoxy) is 2. The number of benzene rings is 1. The highest BCUT2D eigenvalue weighted by atomic mass is 79.9. The van der Waals surface area contributed by atoms with Crippen LogP contribution < -0.4 is 14.8 Å². The largest absolute Gasteiger partial charge is 0.486 e. The van der Waals surface area contributed by atoms with Crippen molar-refractivity contribution in [3.05, 3.63) is 33.6 Å². The molecule has 112 valence electrons. The highest BCUT2D eigenvalue weighted by molar-refractivity contribution is 9.10. The lowest BCUT2D eigenvalue weighted by atomic mass is 10.2. The summed E-state index contributed by atoms with van der Waals surface area (Å²) in [7, 11) is 1.96. The Morgan fingerprint density at radius 3 is 2.52 bits per heavy atom. The number of aryl methyl sites for hydroxylation is 2. The number of halogens is 1. The molecule has 0 unspecified atom stereocenters. The molecule has 3 rings (SSSR count). The highest BCUT2D eigenvalue weighted by Gasteiger charge is 2.15. The first-order valence-corrected chi connectivity index (χ1v) is 7.67. The Kier molecular flexibility index (Phi) is 3.80. The van der Waals surface area contributed by atoms with Crippen molar-refractivity contribution in [1.82, 2.24) is 9.78 Å². The van der Waals surface area contributed by atoms with Crippen LogP contribution in [0.1, 0.15) is 17.0 Å². The second-order valence-electron chi connectivity index (χ2n) is 5.10. The van der Waals surface area contributed by atoms with Gasteiger partial charge in [-0.05, 0) is 29.8 Å². The Bertz CT molecular complexity index is 682. The molecule has 0 fully saturated rings. The topological polar surface area (TPSA) is 48.3 Å². The van der Waals surface area contributed by atoms with Gasteiger partial charge in [-0.1, -0.05) is 0 Å². The Morgan fingerprint density at radius 1 is 1.24 bits per heavy atom. The van der Waals surface area contributed by atoms with Crippen LogP contribution in [0, 0.1) is 13.8 Å². The molecular weight excluding hydrogens is 334 g/mol. The van der Waals surface area contributed by atoms with E-state index in [0.29, 0.717) is 13.2 Å². The van der Waals surface area contributed by atoms with Gasteiger partial charge in [-0.3, -0.25) is 4.68 Å². The second kappa shape index (κ2) is 5.60. The summed E-state index contributed by atoms with van der Waals surface area (Å²) in [6, 6.07) is 3.92. The van der Waals surface area contributed by atoms with Gasteiger partial charge < -0.3 is 14.8 Å². The monoisotopic (exact) mass is 351 g/mol. The first-order valence-electron chi connectivity index (χ1n) is 6.88. The van der Waals surface area contributed by atoms with Crippen molar-refractivity contribution >= 4 is 21.6 Å². The van der Waals surface area contributed by atoms with Gasteiger partial charge in [0.05, 0.1) is 11.4 Å². The van der Waals surface area contributed by atoms with Crippen LogP contribution in [0.15, 0.2) is 16.6 Å². The van der Waals surface area contributed by atoms with E-state index >= 15 is 0 Å². The Labute approximate surface area is 132 Å². The number of hydrogen-bond acceptors (Lipinski definition) is 4. The average Bonchev–Trinajstić information content (AvgIpc) is 2.70. The molecule has 0 amide bonds. The van der Waals surface area contributed by atoms with Crippen LogP contribution in [0.4, 0.5) is 5.69 Å². The van der Waals surface area contributed by atoms with Gasteiger partial charge in [0.15, 0.2) is 11.5 Å². The van der Waals surface area contributed by atoms with E-state index < -0.39 is 0 Å². The van der Waals surface area contributed by atoms with E-state index in [1.165, 1.54) is 11.3 Å². The molecule has 5 nitrogen and oxygen atoms in total. The van der Waals surface area contributed by atoms with Crippen LogP contribution in [0.25, 0.3) is 0 Å². The zero-order chi connectivity index (χ0) is 15.0. The van der Waals surface area contributed by atoms with Gasteiger partial charge in [-0.25, -0.2) is 0 Å². The molecule has 0 radical (unpaired) electrons. The maximum Gasteiger partial charge on any atom is 0.163 e. The fourth-order valence-corrected chi connectivity index (χ4v) is 2.92. The van der Waals surface area contributed by atoms with Gasteiger partial charge >= 0.3 is 0 Å². The lowest BCUT2D eigenvalue weighted by Crippen LogP contribution is -2.15. The predicted molar refractivity (Wildman–Crippen MR) is 85.1 cm³/mol. The van der Waals surface area contributed by atoms with Gasteiger partial charge in [-0.2, -0.15) is 5.10 Å². The van der Waals surface area contributed by atoms with E-state index in [1.807, 2.05) is 30.8 Å². The van der Waals surface area contributed by atoms with Gasteiger partial charge in [-0.15, -0.1) is 0 Å². The molecular formula is C15H18BrN3O2. The molecule has 0 aliphatic carbocycles. The molecule has 0 bridgehead atoms. The summed E-state index contributed by atoms with van der Waals surface area (Å²) in [5.74, 6) is 1.57. The summed E-state index contributed by atoms with van der Waals surface area (Å²) in [6.45, 7) is 6.03. The van der Waals surface area contributed by atoms with Crippen molar-refractivity contribution in [3.8, 4) is 11.5 Å². The number of nitrogens with zero attached hydrogens (tertiary/aromatic N) is 2. The molecule has 0 saturated heterocycles. The molecule has 0 spiro atoms. The first kappa shape index (κ1) is 14.3. The number of anilines is 1. The van der Waals surface area contributed by atoms with Crippen LogP contribution in [0.3, 0.4) is 0 Å². The van der Waals surface area contributed by atoms with Gasteiger partial charge in [0, 0.05) is 41.5 Å². The minimum atomic E-state index is 0.592. The molecule has 2 aromatic rings. The Hall–Kier alpha value is -1.69. The van der Waals surface area contributed by atoms with Crippen molar-refractivity contribution < 1.29 is 9.47 Å². The number of nitrogens with one attached hydrogen (secondary N) is 1. The molecule has 21 heavy (non-hydrogen) atoms. The standard InChI is InChI=1S/C15H18BrN3O2/c1-9-11(10(2)19(3)18-9)8-17-13-7-15-14(6-12(13)16)20-4-5-21-15/h6-7,17H,4-5,8H2,1-3H3. The maximum atomic E-state index is 5.62. The number of aromatic nitrogens is 2. The van der Waals surface area contributed by atoms with Crippen LogP contribution in [-0.4, -0.2) is 23.0 Å². The van der Waals surface area contributed by atoms with E-state index in [-0.39, 0.29) is 0 Å². The molecule has 0 atom stereocenters. The van der Waals surface area contributed by atoms with Crippen LogP contribution >= 0.6 is 15.9 Å². The summed E-state index contributed by atoms with van der Waals surface area (Å²) in [5.41, 5.74) is 4.44. The van der Waals surface area contributed by atoms with E-state index in [9.17, 15) is 0 Å². The SMILES string of the molecule is Cc1nn(C)c(C)c1CNc1cc2c(cc1Br)OCCO2. The quantitative estimate of drug-likeness (QED) is 0.922. The lowest BCUT2D eigenvalue weighted by Gasteiger charge is -2.20. The fraction of sp³-hybridized carbons (Fsp3) is 0.400. The summed E-state index contributed by atoms with van der Waals surface area (Å²) in [4.78, 5) is 0. The van der Waals surface area contributed by atoms with Crippen LogP contribution in [-0.2, 0) is 13.6 Å². The van der Waals surface area contributed by atoms with E-state index in [1.54, 1.807) is 0 Å². The molecule has 1 aromatic heterocycles. The van der Waals surface area contributed by atoms with Crippen molar-refractivity contribution in [2.75, 3.05) is 18.5 Å². The highest BCUT2D eigenvalue weighted by Crippen LogP contribution is 2.38. The normalized spacial score (nSPS) is 13.3. The van der Waals surface area contributed by atoms with Crippen LogP contribution in [0.5, 0.6) is 11.5 Å². The predicted octanol–water partition coefficient (Wildman–Crippen LogP) is 3.18. The molecule has 1 aliphatic heterocycles. The van der Waals surface area contributed by atoms with Crippen molar-refractivity contribution in [2.24, 2.45) is 7.05 Å². The third-order valence-electron chi connectivity index (χ3n) is 3.75. The summed E-state index contributed by atoms with van der Waals surface area (Å²) in [5, 5.41) is 7.87. The smallest absolute Gasteiger partial charge is 0.163 e. The number of fused-ring (bicyclic) bond motifs is 1. The van der Waals surface area contributed by atoms with E-state index in [4.69, 9.17) is 9.47 Å². The third-order valence-corrected chi connectivity index (χ3v) is 4.40. The van der Waals surface area contributed by atoms with Gasteiger partial charge in [0.25, 0.3) is 0 Å². The maximum absolute atomic E-state index is 5.62. The summed E-state index contributed by atoms with van der Waals surface area (Å²) >= 11 is 3.57. The lowest BCUT2D eigenvalue weighted by molar-refractivity contribution is 0.171. The fourth-order valence-electron chi connectivity index (χ4n) is 2.46. The zero-order valence-electron chi connectivity index (χ0n) is 12.4. The van der Waals surface area contributed by atoms with Crippen molar-refractivity contribution in [1.29, 1.82) is 0 Å². The molecule has 6 heteroatoms. The van der Waals surface area contributed by atoms with E-state index in [2.05, 4.69) is 33.3 Å². The molecule has 0 saturated carbocycles. The minimum Gasteiger partial charge on any atom is -0.486 e. The zero-order valence-corrected chi connectivity index (χ0v) is 14.0. The Morgan fingerprint density at radius 2 is 1.90 bits per heavy atom. The number of hydrogen-bond donors (Lipinski definition) is 1. The van der Waals surface area contributed by atoms with E-state index in [0.717, 1.165) is 33.9 Å². The second-order valence-corrected chi connectivity index (χ2v) is 5.96.